The van der Waals surface area contributed by atoms with Crippen LogP contribution in [0.15, 0.2) is 24.3 Å². The summed E-state index contributed by atoms with van der Waals surface area (Å²) >= 11 is 6.28. The highest BCUT2D eigenvalue weighted by Gasteiger charge is 2.44. The summed E-state index contributed by atoms with van der Waals surface area (Å²) < 4.78 is 20.8. The smallest absolute Gasteiger partial charge is 0.236 e. The Morgan fingerprint density at radius 3 is 2.65 bits per heavy atom. The molecule has 1 N–H and O–H groups in total. The Hall–Kier alpha value is -2.63. The molecule has 0 bridgehead atoms. The van der Waals surface area contributed by atoms with Gasteiger partial charge in [0.25, 0.3) is 0 Å². The van der Waals surface area contributed by atoms with E-state index in [1.165, 1.54) is 6.07 Å². The Balaban J connectivity index is 1.22. The number of halogens is 2. The standard InChI is InChI=1S/C25H30ClFN6O/c1-17-14-25(16-33(17)19-3-2-18(15-28)21(26)12-19)6-10-32(11-7-25)24-22(27)13-23(30-31-24)34-20-4-8-29-9-5-20/h2-3,12-13,17,20,29H,4-11,14,16H2,1H3/t17-/m0/s1. The van der Waals surface area contributed by atoms with Gasteiger partial charge in [0.15, 0.2) is 11.6 Å². The Morgan fingerprint density at radius 2 is 1.97 bits per heavy atom. The fourth-order valence-corrected chi connectivity index (χ4v) is 5.91. The second-order valence-electron chi connectivity index (χ2n) is 9.87. The third-order valence-electron chi connectivity index (χ3n) is 7.58. The number of anilines is 2. The molecule has 7 nitrogen and oxygen atoms in total. The molecule has 5 rings (SSSR count). The van der Waals surface area contributed by atoms with E-state index in [9.17, 15) is 4.39 Å². The van der Waals surface area contributed by atoms with Crippen molar-refractivity contribution in [3.05, 3.63) is 40.7 Å². The van der Waals surface area contributed by atoms with Crippen molar-refractivity contribution in [1.29, 1.82) is 5.26 Å². The summed E-state index contributed by atoms with van der Waals surface area (Å²) in [6.07, 6.45) is 4.86. The van der Waals surface area contributed by atoms with Crippen LogP contribution in [0.5, 0.6) is 5.88 Å². The van der Waals surface area contributed by atoms with E-state index in [2.05, 4.69) is 33.4 Å². The highest BCUT2D eigenvalue weighted by Crippen LogP contribution is 2.46. The SMILES string of the molecule is C[C@H]1CC2(CCN(c3nnc(OC4CCNCC4)cc3F)CC2)CN1c1ccc(C#N)c(Cl)c1. The van der Waals surface area contributed by atoms with Crippen molar-refractivity contribution in [3.63, 3.8) is 0 Å². The van der Waals surface area contributed by atoms with Gasteiger partial charge >= 0.3 is 0 Å². The number of rotatable bonds is 4. The largest absolute Gasteiger partial charge is 0.473 e. The van der Waals surface area contributed by atoms with Gasteiger partial charge in [-0.1, -0.05) is 11.6 Å². The Bertz CT molecular complexity index is 1080. The first-order valence-electron chi connectivity index (χ1n) is 12.1. The third kappa shape index (κ3) is 4.64. The van der Waals surface area contributed by atoms with Gasteiger partial charge in [0.1, 0.15) is 12.2 Å². The minimum atomic E-state index is -0.372. The first-order valence-corrected chi connectivity index (χ1v) is 12.5. The molecule has 34 heavy (non-hydrogen) atoms. The number of ether oxygens (including phenoxy) is 1. The number of benzene rings is 1. The van der Waals surface area contributed by atoms with Gasteiger partial charge in [0.2, 0.25) is 5.88 Å². The number of piperidine rings is 2. The molecule has 4 heterocycles. The monoisotopic (exact) mass is 484 g/mol. The fourth-order valence-electron chi connectivity index (χ4n) is 5.69. The van der Waals surface area contributed by atoms with Gasteiger partial charge in [-0.05, 0) is 75.7 Å². The molecule has 0 radical (unpaired) electrons. The summed E-state index contributed by atoms with van der Waals surface area (Å²) in [7, 11) is 0. The average molecular weight is 485 g/mol. The molecule has 3 fully saturated rings. The van der Waals surface area contributed by atoms with Gasteiger partial charge < -0.3 is 19.9 Å². The van der Waals surface area contributed by atoms with Crippen LogP contribution in [-0.2, 0) is 0 Å². The van der Waals surface area contributed by atoms with Crippen LogP contribution >= 0.6 is 11.6 Å². The third-order valence-corrected chi connectivity index (χ3v) is 7.89. The highest BCUT2D eigenvalue weighted by molar-refractivity contribution is 6.32. The van der Waals surface area contributed by atoms with E-state index in [1.807, 2.05) is 17.0 Å². The molecular weight excluding hydrogens is 455 g/mol. The molecular formula is C25H30ClFN6O. The van der Waals surface area contributed by atoms with Gasteiger partial charge in [-0.25, -0.2) is 4.39 Å². The van der Waals surface area contributed by atoms with Crippen molar-refractivity contribution in [1.82, 2.24) is 15.5 Å². The molecule has 1 spiro atoms. The number of nitriles is 1. The van der Waals surface area contributed by atoms with Gasteiger partial charge in [0.05, 0.1) is 10.6 Å². The maximum atomic E-state index is 14.9. The van der Waals surface area contributed by atoms with Crippen LogP contribution in [-0.4, -0.2) is 55.1 Å². The molecule has 3 saturated heterocycles. The van der Waals surface area contributed by atoms with Crippen LogP contribution in [0.4, 0.5) is 15.9 Å². The first-order chi connectivity index (χ1) is 16.5. The van der Waals surface area contributed by atoms with Crippen molar-refractivity contribution in [2.24, 2.45) is 5.41 Å². The number of aromatic nitrogens is 2. The van der Waals surface area contributed by atoms with Crippen LogP contribution in [0.1, 0.15) is 44.6 Å². The lowest BCUT2D eigenvalue weighted by Crippen LogP contribution is -2.42. The minimum Gasteiger partial charge on any atom is -0.473 e. The van der Waals surface area contributed by atoms with Crippen molar-refractivity contribution < 1.29 is 9.13 Å². The number of hydrogen-bond acceptors (Lipinski definition) is 7. The predicted molar refractivity (Wildman–Crippen MR) is 130 cm³/mol. The predicted octanol–water partition coefficient (Wildman–Crippen LogP) is 4.16. The van der Waals surface area contributed by atoms with Crippen molar-refractivity contribution in [2.75, 3.05) is 42.5 Å². The summed E-state index contributed by atoms with van der Waals surface area (Å²) in [4.78, 5) is 4.39. The normalized spacial score (nSPS) is 22.7. The zero-order valence-corrected chi connectivity index (χ0v) is 20.2. The molecule has 9 heteroatoms. The molecule has 0 amide bonds. The second kappa shape index (κ2) is 9.55. The van der Waals surface area contributed by atoms with E-state index >= 15 is 0 Å². The Kier molecular flexibility index (Phi) is 6.50. The maximum Gasteiger partial charge on any atom is 0.236 e. The molecule has 1 atom stereocenters. The molecule has 0 saturated carbocycles. The number of nitrogens with one attached hydrogen (secondary N) is 1. The minimum absolute atomic E-state index is 0.0638. The lowest BCUT2D eigenvalue weighted by Gasteiger charge is -2.39. The van der Waals surface area contributed by atoms with E-state index < -0.39 is 0 Å². The summed E-state index contributed by atoms with van der Waals surface area (Å²) in [6.45, 7) is 6.47. The maximum absolute atomic E-state index is 14.9. The fraction of sp³-hybridized carbons (Fsp3) is 0.560. The Labute approximate surface area is 204 Å². The molecule has 1 aromatic carbocycles. The lowest BCUT2D eigenvalue weighted by molar-refractivity contribution is 0.153. The van der Waals surface area contributed by atoms with Crippen molar-refractivity contribution in [3.8, 4) is 11.9 Å². The first kappa shape index (κ1) is 23.1. The van der Waals surface area contributed by atoms with Gasteiger partial charge in [-0.3, -0.25) is 0 Å². The summed E-state index contributed by atoms with van der Waals surface area (Å²) in [5.41, 5.74) is 1.73. The van der Waals surface area contributed by atoms with Crippen LogP contribution < -0.4 is 19.9 Å². The van der Waals surface area contributed by atoms with Crippen LogP contribution in [0.2, 0.25) is 5.02 Å². The van der Waals surface area contributed by atoms with E-state index in [4.69, 9.17) is 21.6 Å². The van der Waals surface area contributed by atoms with E-state index in [0.29, 0.717) is 22.4 Å². The average Bonchev–Trinajstić information content (AvgIpc) is 3.16. The summed E-state index contributed by atoms with van der Waals surface area (Å²) in [6, 6.07) is 9.53. The van der Waals surface area contributed by atoms with Gasteiger partial charge in [-0.2, -0.15) is 5.26 Å². The van der Waals surface area contributed by atoms with E-state index in [0.717, 1.165) is 70.5 Å². The molecule has 3 aliphatic heterocycles. The van der Waals surface area contributed by atoms with Gasteiger partial charge in [-0.15, -0.1) is 10.2 Å². The summed E-state index contributed by atoms with van der Waals surface area (Å²) in [5.74, 6) is 0.209. The molecule has 180 valence electrons. The molecule has 1 aromatic heterocycles. The van der Waals surface area contributed by atoms with Crippen LogP contribution in [0, 0.1) is 22.6 Å². The van der Waals surface area contributed by atoms with E-state index in [-0.39, 0.29) is 23.2 Å². The zero-order valence-electron chi connectivity index (χ0n) is 19.4. The lowest BCUT2D eigenvalue weighted by atomic mass is 9.77. The van der Waals surface area contributed by atoms with Crippen LogP contribution in [0.25, 0.3) is 0 Å². The van der Waals surface area contributed by atoms with E-state index in [1.54, 1.807) is 6.07 Å². The quantitative estimate of drug-likeness (QED) is 0.698. The topological polar surface area (TPSA) is 77.3 Å². The molecule has 0 aliphatic carbocycles. The zero-order chi connectivity index (χ0) is 23.7. The summed E-state index contributed by atoms with van der Waals surface area (Å²) in [5, 5.41) is 21.3. The molecule has 3 aliphatic rings. The second-order valence-corrected chi connectivity index (χ2v) is 10.3. The van der Waals surface area contributed by atoms with Crippen LogP contribution in [0.3, 0.4) is 0 Å². The van der Waals surface area contributed by atoms with Crippen molar-refractivity contribution >= 4 is 23.1 Å². The number of hydrogen-bond donors (Lipinski definition) is 1. The number of nitrogens with zero attached hydrogens (tertiary/aromatic N) is 5. The van der Waals surface area contributed by atoms with Gasteiger partial charge in [0, 0.05) is 37.4 Å². The van der Waals surface area contributed by atoms with Crippen molar-refractivity contribution in [2.45, 2.75) is 51.2 Å². The highest BCUT2D eigenvalue weighted by atomic mass is 35.5. The molecule has 0 unspecified atom stereocenters. The Morgan fingerprint density at radius 1 is 1.21 bits per heavy atom. The molecule has 2 aromatic rings.